The maximum absolute atomic E-state index is 13.5. The van der Waals surface area contributed by atoms with E-state index >= 15 is 0 Å². The Balaban J connectivity index is 1.92. The first-order valence-corrected chi connectivity index (χ1v) is 6.95. The fourth-order valence-electron chi connectivity index (χ4n) is 1.68. The Kier molecular flexibility index (Phi) is 5.30. The number of rotatable bonds is 5. The van der Waals surface area contributed by atoms with Crippen LogP contribution in [0.4, 0.5) is 10.1 Å². The van der Waals surface area contributed by atoms with E-state index in [0.29, 0.717) is 15.7 Å². The summed E-state index contributed by atoms with van der Waals surface area (Å²) < 4.78 is 19.2. The topological polar surface area (TPSA) is 58.6 Å². The second kappa shape index (κ2) is 7.19. The predicted molar refractivity (Wildman–Crippen MR) is 80.6 cm³/mol. The van der Waals surface area contributed by atoms with Gasteiger partial charge in [0.25, 0.3) is 5.91 Å². The third kappa shape index (κ3) is 4.54. The molecule has 0 heterocycles. The van der Waals surface area contributed by atoms with Gasteiger partial charge in [0.15, 0.2) is 18.2 Å². The summed E-state index contributed by atoms with van der Waals surface area (Å²) in [5, 5.41) is 11.6. The number of hydrogen-bond acceptors (Lipinski definition) is 3. The molecule has 2 aromatic rings. The van der Waals surface area contributed by atoms with Crippen molar-refractivity contribution < 1.29 is 19.0 Å². The number of nitrogens with one attached hydrogen (secondary N) is 1. The molecule has 0 spiro atoms. The Morgan fingerprint density at radius 3 is 2.81 bits per heavy atom. The van der Waals surface area contributed by atoms with Gasteiger partial charge in [-0.05, 0) is 35.9 Å². The number of halogens is 2. The van der Waals surface area contributed by atoms with Crippen molar-refractivity contribution in [1.82, 2.24) is 0 Å². The number of carbonyl (C=O) groups is 1. The van der Waals surface area contributed by atoms with Gasteiger partial charge in [-0.15, -0.1) is 0 Å². The number of aliphatic hydroxyl groups excluding tert-OH is 1. The summed E-state index contributed by atoms with van der Waals surface area (Å²) in [6.07, 6.45) is 0. The fraction of sp³-hybridized carbons (Fsp3) is 0.133. The number of amides is 1. The van der Waals surface area contributed by atoms with Gasteiger partial charge in [-0.2, -0.15) is 0 Å². The van der Waals surface area contributed by atoms with Crippen molar-refractivity contribution in [3.05, 3.63) is 58.3 Å². The first-order chi connectivity index (χ1) is 10.1. The Morgan fingerprint density at radius 1 is 1.29 bits per heavy atom. The molecule has 0 bridgehead atoms. The highest BCUT2D eigenvalue weighted by Gasteiger charge is 2.08. The lowest BCUT2D eigenvalue weighted by atomic mass is 10.2. The van der Waals surface area contributed by atoms with E-state index in [1.165, 1.54) is 12.1 Å². The summed E-state index contributed by atoms with van der Waals surface area (Å²) in [5.41, 5.74) is 1.24. The molecule has 0 aliphatic heterocycles. The van der Waals surface area contributed by atoms with Gasteiger partial charge in [0.1, 0.15) is 0 Å². The largest absolute Gasteiger partial charge is 0.481 e. The zero-order chi connectivity index (χ0) is 15.2. The Bertz CT molecular complexity index is 649. The van der Waals surface area contributed by atoms with E-state index in [9.17, 15) is 9.18 Å². The molecule has 2 N–H and O–H groups in total. The van der Waals surface area contributed by atoms with Crippen LogP contribution in [0.3, 0.4) is 0 Å². The maximum Gasteiger partial charge on any atom is 0.262 e. The Labute approximate surface area is 129 Å². The quantitative estimate of drug-likeness (QED) is 0.868. The molecule has 0 fully saturated rings. The predicted octanol–water partition coefficient (Wildman–Crippen LogP) is 3.10. The molecule has 2 rings (SSSR count). The number of ether oxygens (including phenoxy) is 1. The minimum Gasteiger partial charge on any atom is -0.481 e. The monoisotopic (exact) mass is 353 g/mol. The number of aliphatic hydroxyl groups is 1. The zero-order valence-electron chi connectivity index (χ0n) is 11.0. The highest BCUT2D eigenvalue weighted by molar-refractivity contribution is 9.10. The SMILES string of the molecule is O=C(COc1ccc(Br)cc1F)Nc1cccc(CO)c1. The van der Waals surface area contributed by atoms with Crippen molar-refractivity contribution in [2.75, 3.05) is 11.9 Å². The molecule has 0 aromatic heterocycles. The number of anilines is 1. The van der Waals surface area contributed by atoms with Gasteiger partial charge < -0.3 is 15.2 Å². The molecule has 0 saturated carbocycles. The van der Waals surface area contributed by atoms with Crippen LogP contribution in [-0.4, -0.2) is 17.6 Å². The minimum atomic E-state index is -0.542. The van der Waals surface area contributed by atoms with E-state index < -0.39 is 11.7 Å². The van der Waals surface area contributed by atoms with Crippen molar-refractivity contribution in [3.8, 4) is 5.75 Å². The molecule has 6 heteroatoms. The number of hydrogen-bond donors (Lipinski definition) is 2. The summed E-state index contributed by atoms with van der Waals surface area (Å²) in [6.45, 7) is -0.410. The maximum atomic E-state index is 13.5. The van der Waals surface area contributed by atoms with E-state index in [0.717, 1.165) is 0 Å². The van der Waals surface area contributed by atoms with E-state index in [4.69, 9.17) is 9.84 Å². The molecular weight excluding hydrogens is 341 g/mol. The first kappa shape index (κ1) is 15.5. The van der Waals surface area contributed by atoms with Crippen LogP contribution in [0.5, 0.6) is 5.75 Å². The molecule has 4 nitrogen and oxygen atoms in total. The van der Waals surface area contributed by atoms with Crippen molar-refractivity contribution in [3.63, 3.8) is 0 Å². The van der Waals surface area contributed by atoms with Crippen molar-refractivity contribution >= 4 is 27.5 Å². The van der Waals surface area contributed by atoms with Gasteiger partial charge in [-0.1, -0.05) is 28.1 Å². The summed E-state index contributed by atoms with van der Waals surface area (Å²) in [5.74, 6) is -0.940. The normalized spacial score (nSPS) is 10.2. The van der Waals surface area contributed by atoms with Gasteiger partial charge in [0.2, 0.25) is 0 Å². The second-order valence-electron chi connectivity index (χ2n) is 4.27. The summed E-state index contributed by atoms with van der Waals surface area (Å²) >= 11 is 3.14. The van der Waals surface area contributed by atoms with Crippen LogP contribution >= 0.6 is 15.9 Å². The van der Waals surface area contributed by atoms with Crippen molar-refractivity contribution in [1.29, 1.82) is 0 Å². The van der Waals surface area contributed by atoms with Crippen LogP contribution in [0.2, 0.25) is 0 Å². The lowest BCUT2D eigenvalue weighted by molar-refractivity contribution is -0.118. The van der Waals surface area contributed by atoms with Crippen LogP contribution in [-0.2, 0) is 11.4 Å². The highest BCUT2D eigenvalue weighted by atomic mass is 79.9. The molecule has 0 saturated heterocycles. The van der Waals surface area contributed by atoms with Crippen molar-refractivity contribution in [2.45, 2.75) is 6.61 Å². The van der Waals surface area contributed by atoms with Crippen LogP contribution < -0.4 is 10.1 Å². The molecule has 0 atom stereocenters. The first-order valence-electron chi connectivity index (χ1n) is 6.16. The third-order valence-electron chi connectivity index (χ3n) is 2.65. The van der Waals surface area contributed by atoms with Crippen molar-refractivity contribution in [2.24, 2.45) is 0 Å². The van der Waals surface area contributed by atoms with Gasteiger partial charge in [-0.25, -0.2) is 4.39 Å². The number of benzene rings is 2. The summed E-state index contributed by atoms with van der Waals surface area (Å²) in [6, 6.07) is 11.1. The van der Waals surface area contributed by atoms with Gasteiger partial charge >= 0.3 is 0 Å². The van der Waals surface area contributed by atoms with Crippen LogP contribution in [0.1, 0.15) is 5.56 Å². The zero-order valence-corrected chi connectivity index (χ0v) is 12.6. The Morgan fingerprint density at radius 2 is 2.10 bits per heavy atom. The molecule has 2 aromatic carbocycles. The van der Waals surface area contributed by atoms with Gasteiger partial charge in [-0.3, -0.25) is 4.79 Å². The highest BCUT2D eigenvalue weighted by Crippen LogP contribution is 2.21. The van der Waals surface area contributed by atoms with E-state index in [-0.39, 0.29) is 19.0 Å². The fourth-order valence-corrected chi connectivity index (χ4v) is 2.01. The molecule has 21 heavy (non-hydrogen) atoms. The van der Waals surface area contributed by atoms with E-state index in [1.54, 1.807) is 30.3 Å². The average Bonchev–Trinajstić information content (AvgIpc) is 2.46. The molecular formula is C15H13BrFNO3. The molecule has 1 amide bonds. The molecule has 0 aliphatic carbocycles. The smallest absolute Gasteiger partial charge is 0.262 e. The van der Waals surface area contributed by atoms with Crippen LogP contribution in [0.25, 0.3) is 0 Å². The third-order valence-corrected chi connectivity index (χ3v) is 3.14. The van der Waals surface area contributed by atoms with Gasteiger partial charge in [0.05, 0.1) is 6.61 Å². The standard InChI is InChI=1S/C15H13BrFNO3/c16-11-4-5-14(13(17)7-11)21-9-15(20)18-12-3-1-2-10(6-12)8-19/h1-7,19H,8-9H2,(H,18,20). The lowest BCUT2D eigenvalue weighted by Gasteiger charge is -2.09. The second-order valence-corrected chi connectivity index (χ2v) is 5.19. The van der Waals surface area contributed by atoms with Gasteiger partial charge in [0, 0.05) is 10.2 Å². The van der Waals surface area contributed by atoms with E-state index in [1.807, 2.05) is 0 Å². The average molecular weight is 354 g/mol. The molecule has 0 unspecified atom stereocenters. The molecule has 0 radical (unpaired) electrons. The number of carbonyl (C=O) groups excluding carboxylic acids is 1. The lowest BCUT2D eigenvalue weighted by Crippen LogP contribution is -2.20. The summed E-state index contributed by atoms with van der Waals surface area (Å²) in [4.78, 5) is 11.7. The minimum absolute atomic E-state index is 0.0115. The molecule has 110 valence electrons. The van der Waals surface area contributed by atoms with Crippen LogP contribution in [0, 0.1) is 5.82 Å². The molecule has 0 aliphatic rings. The summed E-state index contributed by atoms with van der Waals surface area (Å²) in [7, 11) is 0. The van der Waals surface area contributed by atoms with Crippen LogP contribution in [0.15, 0.2) is 46.9 Å². The van der Waals surface area contributed by atoms with E-state index in [2.05, 4.69) is 21.2 Å². The Hall–Kier alpha value is -1.92.